The first-order valence-corrected chi connectivity index (χ1v) is 19.3. The SMILES string of the molecule is CC(C)C1=C2C3CCC4C(C)(CCC5C(C)(C)C(OC(=O)CC(C)(C)C(=O)O)CCC54C)C3CCC2(CCN(CC(=O)O)C(C)C)CC1=O. The number of rotatable bonds is 11. The van der Waals surface area contributed by atoms with Crippen LogP contribution in [0.25, 0.3) is 0 Å². The zero-order valence-corrected chi connectivity index (χ0v) is 32.1. The van der Waals surface area contributed by atoms with Gasteiger partial charge in [0.2, 0.25) is 0 Å². The highest BCUT2D eigenvalue weighted by molar-refractivity contribution is 6.00. The maximum atomic E-state index is 13.9. The van der Waals surface area contributed by atoms with Gasteiger partial charge in [0, 0.05) is 23.3 Å². The van der Waals surface area contributed by atoms with Crippen LogP contribution in [-0.4, -0.2) is 64.0 Å². The third-order valence-electron chi connectivity index (χ3n) is 15.1. The van der Waals surface area contributed by atoms with E-state index in [1.165, 1.54) is 5.57 Å². The molecule has 4 fully saturated rings. The van der Waals surface area contributed by atoms with Gasteiger partial charge in [0.1, 0.15) is 6.10 Å². The van der Waals surface area contributed by atoms with E-state index >= 15 is 0 Å². The maximum absolute atomic E-state index is 13.9. The van der Waals surface area contributed by atoms with E-state index in [1.807, 2.05) is 0 Å². The molecule has 0 spiro atoms. The second kappa shape index (κ2) is 13.1. The normalized spacial score (nSPS) is 37.1. The summed E-state index contributed by atoms with van der Waals surface area (Å²) in [7, 11) is 0. The fourth-order valence-electron chi connectivity index (χ4n) is 12.6. The molecule has 8 heteroatoms. The van der Waals surface area contributed by atoms with E-state index in [0.717, 1.165) is 63.4 Å². The van der Waals surface area contributed by atoms with Gasteiger partial charge in [0.15, 0.2) is 5.78 Å². The lowest BCUT2D eigenvalue weighted by molar-refractivity contribution is -0.214. The number of fused-ring (bicyclic) bond motifs is 7. The van der Waals surface area contributed by atoms with Gasteiger partial charge in [-0.15, -0.1) is 0 Å². The van der Waals surface area contributed by atoms with E-state index in [9.17, 15) is 29.4 Å². The van der Waals surface area contributed by atoms with Gasteiger partial charge >= 0.3 is 17.9 Å². The number of allylic oxidation sites excluding steroid dienone is 2. The summed E-state index contributed by atoms with van der Waals surface area (Å²) in [6.07, 6.45) is 9.41. The molecule has 8 nitrogen and oxygen atoms in total. The number of hydrogen-bond acceptors (Lipinski definition) is 6. The van der Waals surface area contributed by atoms with E-state index in [2.05, 4.69) is 60.3 Å². The number of Topliss-reactive ketones (excluding diaryl/α,β-unsaturated/α-hetero) is 1. The zero-order valence-electron chi connectivity index (χ0n) is 32.1. The lowest BCUT2D eigenvalue weighted by Gasteiger charge is -2.69. The molecule has 0 aromatic rings. The minimum atomic E-state index is -1.16. The summed E-state index contributed by atoms with van der Waals surface area (Å²) in [5, 5.41) is 19.2. The minimum absolute atomic E-state index is 0.0278. The van der Waals surface area contributed by atoms with Crippen LogP contribution in [0.3, 0.4) is 0 Å². The minimum Gasteiger partial charge on any atom is -0.481 e. The molecule has 4 saturated carbocycles. The lowest BCUT2D eigenvalue weighted by Crippen LogP contribution is -2.63. The Morgan fingerprint density at radius 2 is 1.55 bits per heavy atom. The summed E-state index contributed by atoms with van der Waals surface area (Å²) in [6, 6.07) is 0.127. The second-order valence-corrected chi connectivity index (χ2v) is 19.3. The summed E-state index contributed by atoms with van der Waals surface area (Å²) >= 11 is 0. The molecular weight excluding hydrogens is 618 g/mol. The van der Waals surface area contributed by atoms with E-state index in [-0.39, 0.29) is 52.7 Å². The molecule has 5 rings (SSSR count). The van der Waals surface area contributed by atoms with Crippen LogP contribution in [0.5, 0.6) is 0 Å². The molecule has 0 aliphatic heterocycles. The molecule has 0 amide bonds. The van der Waals surface area contributed by atoms with Gasteiger partial charge < -0.3 is 14.9 Å². The number of esters is 1. The molecule has 5 aliphatic carbocycles. The van der Waals surface area contributed by atoms with Crippen LogP contribution in [0, 0.1) is 56.7 Å². The highest BCUT2D eigenvalue weighted by Gasteiger charge is 2.66. The lowest BCUT2D eigenvalue weighted by atomic mass is 9.36. The van der Waals surface area contributed by atoms with Crippen molar-refractivity contribution in [1.29, 1.82) is 0 Å². The standard InChI is InChI=1S/C41H65NO7/c1-24(2)34-28(43)21-41(19-20-42(25(3)4)23-32(44)45)18-13-27-26(35(34)41)11-12-30-39(27,9)16-14-29-38(7,8)31(15-17-40(29,30)10)49-33(46)22-37(5,6)36(47)48/h24-27,29-31H,11-23H2,1-10H3,(H,44,45)(H,47,48). The molecule has 2 N–H and O–H groups in total. The van der Waals surface area contributed by atoms with Crippen LogP contribution in [0.15, 0.2) is 11.1 Å². The topological polar surface area (TPSA) is 121 Å². The van der Waals surface area contributed by atoms with Crippen LogP contribution in [0.1, 0.15) is 140 Å². The maximum Gasteiger partial charge on any atom is 0.317 e. The highest BCUT2D eigenvalue weighted by atomic mass is 16.5. The second-order valence-electron chi connectivity index (χ2n) is 19.3. The first kappa shape index (κ1) is 38.0. The molecule has 5 aliphatic rings. The van der Waals surface area contributed by atoms with Crippen molar-refractivity contribution in [2.24, 2.45) is 56.7 Å². The van der Waals surface area contributed by atoms with Crippen molar-refractivity contribution in [3.8, 4) is 0 Å². The Bertz CT molecular complexity index is 1380. The molecule has 0 saturated heterocycles. The van der Waals surface area contributed by atoms with E-state index in [0.29, 0.717) is 42.4 Å². The first-order valence-electron chi connectivity index (χ1n) is 19.3. The molecule has 0 aromatic carbocycles. The Hall–Kier alpha value is -2.22. The van der Waals surface area contributed by atoms with Crippen molar-refractivity contribution < 1.29 is 34.1 Å². The van der Waals surface area contributed by atoms with Gasteiger partial charge in [-0.2, -0.15) is 0 Å². The molecule has 0 aromatic heterocycles. The van der Waals surface area contributed by atoms with Gasteiger partial charge in [-0.05, 0) is 138 Å². The Morgan fingerprint density at radius 1 is 0.898 bits per heavy atom. The molecule has 0 radical (unpaired) electrons. The van der Waals surface area contributed by atoms with Crippen molar-refractivity contribution in [3.05, 3.63) is 11.1 Å². The molecule has 0 bridgehead atoms. The average molecular weight is 684 g/mol. The number of ether oxygens (including phenoxy) is 1. The summed E-state index contributed by atoms with van der Waals surface area (Å²) in [5.41, 5.74) is 1.25. The number of carboxylic acids is 2. The Morgan fingerprint density at radius 3 is 2.14 bits per heavy atom. The van der Waals surface area contributed by atoms with E-state index in [1.54, 1.807) is 13.8 Å². The number of hydrogen-bond donors (Lipinski definition) is 2. The van der Waals surface area contributed by atoms with Crippen molar-refractivity contribution in [3.63, 3.8) is 0 Å². The molecule has 8 atom stereocenters. The molecular formula is C41H65NO7. The van der Waals surface area contributed by atoms with E-state index in [4.69, 9.17) is 4.74 Å². The number of ketones is 1. The Labute approximate surface area is 295 Å². The van der Waals surface area contributed by atoms with Crippen molar-refractivity contribution >= 4 is 23.7 Å². The summed E-state index contributed by atoms with van der Waals surface area (Å²) in [5.74, 6) is 0.150. The van der Waals surface area contributed by atoms with Crippen LogP contribution in [0.4, 0.5) is 0 Å². The fourth-order valence-corrected chi connectivity index (χ4v) is 12.6. The van der Waals surface area contributed by atoms with Crippen LogP contribution < -0.4 is 0 Å². The fraction of sp³-hybridized carbons (Fsp3) is 0.854. The largest absolute Gasteiger partial charge is 0.481 e. The van der Waals surface area contributed by atoms with Crippen LogP contribution in [0.2, 0.25) is 0 Å². The zero-order chi connectivity index (χ0) is 36.5. The van der Waals surface area contributed by atoms with Crippen molar-refractivity contribution in [1.82, 2.24) is 4.90 Å². The summed E-state index contributed by atoms with van der Waals surface area (Å²) in [6.45, 7) is 22.0. The number of carbonyl (C=O) groups is 4. The number of carbonyl (C=O) groups excluding carboxylic acids is 2. The van der Waals surface area contributed by atoms with Gasteiger partial charge in [-0.1, -0.05) is 47.1 Å². The predicted molar refractivity (Wildman–Crippen MR) is 190 cm³/mol. The molecule has 8 unspecified atom stereocenters. The number of carboxylic acid groups (broad SMARTS) is 2. The highest BCUT2D eigenvalue weighted by Crippen LogP contribution is 2.73. The van der Waals surface area contributed by atoms with Gasteiger partial charge in [0.25, 0.3) is 0 Å². The van der Waals surface area contributed by atoms with Gasteiger partial charge in [0.05, 0.1) is 18.4 Å². The monoisotopic (exact) mass is 683 g/mol. The molecule has 0 heterocycles. The Balaban J connectivity index is 1.40. The van der Waals surface area contributed by atoms with E-state index < -0.39 is 23.3 Å². The average Bonchev–Trinajstić information content (AvgIpc) is 3.28. The summed E-state index contributed by atoms with van der Waals surface area (Å²) in [4.78, 5) is 52.4. The van der Waals surface area contributed by atoms with Gasteiger partial charge in [-0.3, -0.25) is 24.1 Å². The first-order chi connectivity index (χ1) is 22.6. The smallest absolute Gasteiger partial charge is 0.317 e. The predicted octanol–water partition coefficient (Wildman–Crippen LogP) is 8.17. The van der Waals surface area contributed by atoms with Crippen molar-refractivity contribution in [2.45, 2.75) is 152 Å². The van der Waals surface area contributed by atoms with Crippen LogP contribution >= 0.6 is 0 Å². The molecule has 276 valence electrons. The van der Waals surface area contributed by atoms with Gasteiger partial charge in [-0.25, -0.2) is 0 Å². The Kier molecular flexibility index (Phi) is 10.1. The quantitative estimate of drug-likeness (QED) is 0.209. The summed E-state index contributed by atoms with van der Waals surface area (Å²) < 4.78 is 6.14. The number of nitrogens with zero attached hydrogens (tertiary/aromatic N) is 1. The van der Waals surface area contributed by atoms with Crippen molar-refractivity contribution in [2.75, 3.05) is 13.1 Å². The number of aliphatic carboxylic acids is 2. The van der Waals surface area contributed by atoms with Crippen LogP contribution in [-0.2, 0) is 23.9 Å². The third kappa shape index (κ3) is 6.43. The third-order valence-corrected chi connectivity index (χ3v) is 15.1. The molecule has 49 heavy (non-hydrogen) atoms.